The van der Waals surface area contributed by atoms with E-state index < -0.39 is 115 Å². The molecule has 0 radical (unpaired) electrons. The van der Waals surface area contributed by atoms with E-state index in [0.717, 1.165) is 16.0 Å². The fourth-order valence-electron chi connectivity index (χ4n) is 8.38. The number of unbranched alkanes of at least 4 members (excludes halogenated alkanes) is 2. The van der Waals surface area contributed by atoms with E-state index in [0.29, 0.717) is 29.8 Å². The van der Waals surface area contributed by atoms with E-state index >= 15 is 0 Å². The number of β-amino-alcohol motifs (C(OH)–C–C–N with tert-alkyl or cyclic N) is 1. The molecule has 1 fully saturated rings. The lowest BCUT2D eigenvalue weighted by atomic mass is 10.0. The summed E-state index contributed by atoms with van der Waals surface area (Å²) >= 11 is 0. The van der Waals surface area contributed by atoms with Gasteiger partial charge >= 0.3 is 24.0 Å². The summed E-state index contributed by atoms with van der Waals surface area (Å²) in [5.41, 5.74) is 13.8. The van der Waals surface area contributed by atoms with Crippen LogP contribution in [0.25, 0.3) is 0 Å². The van der Waals surface area contributed by atoms with Gasteiger partial charge in [0, 0.05) is 62.7 Å². The Balaban J connectivity index is 1.51. The Bertz CT molecular complexity index is 2570. The number of rotatable bonds is 32. The van der Waals surface area contributed by atoms with Crippen molar-refractivity contribution in [1.82, 2.24) is 41.8 Å². The van der Waals surface area contributed by atoms with Crippen molar-refractivity contribution in [3.63, 3.8) is 0 Å². The van der Waals surface area contributed by atoms with Gasteiger partial charge in [-0.25, -0.2) is 9.59 Å². The van der Waals surface area contributed by atoms with Crippen LogP contribution in [0.3, 0.4) is 0 Å². The van der Waals surface area contributed by atoms with Crippen LogP contribution in [0.2, 0.25) is 0 Å². The molecule has 6 atom stereocenters. The molecule has 0 unspecified atom stereocenters. The summed E-state index contributed by atoms with van der Waals surface area (Å²) in [5, 5.41) is 50.4. The van der Waals surface area contributed by atoms with E-state index in [9.17, 15) is 68.1 Å². The number of anilines is 2. The molecule has 2 heterocycles. The number of aliphatic hydroxyl groups excluding tert-OH is 1. The molecular weight excluding hydrogens is 1020 g/mol. The van der Waals surface area contributed by atoms with Crippen molar-refractivity contribution in [3.8, 4) is 0 Å². The van der Waals surface area contributed by atoms with Gasteiger partial charge in [-0.05, 0) is 106 Å². The van der Waals surface area contributed by atoms with Gasteiger partial charge in [-0.3, -0.25) is 48.1 Å². The SMILES string of the molecule is Cc1ccccc1NC(=O)Nc1ccc(CC(=O)N[C@@H](CCCCNC(=O)CCc2cccnc2)C(=O)N[C@@H](CCCC(=O)O)C(=O)N2C[C@H](O)C[C@H]2C(=O)N[C@@H](CCCCNC(N)=O)C(=O)N[C@@H](CC(=O)O)C(N)=O)cc1. The highest BCUT2D eigenvalue weighted by molar-refractivity contribution is 6.00. The number of carbonyl (C=O) groups excluding carboxylic acids is 9. The second-order valence-electron chi connectivity index (χ2n) is 18.7. The van der Waals surface area contributed by atoms with Crippen LogP contribution in [-0.4, -0.2) is 147 Å². The fraction of sp³-hybridized carbons (Fsp3) is 0.462. The first-order valence-corrected chi connectivity index (χ1v) is 25.5. The first-order valence-electron chi connectivity index (χ1n) is 25.5. The summed E-state index contributed by atoms with van der Waals surface area (Å²) in [6.45, 7) is 1.74. The number of amides is 11. The molecule has 0 bridgehead atoms. The number of carboxylic acids is 2. The minimum Gasteiger partial charge on any atom is -0.481 e. The second kappa shape index (κ2) is 32.0. The minimum atomic E-state index is -1.67. The van der Waals surface area contributed by atoms with Crippen LogP contribution in [0.5, 0.6) is 0 Å². The largest absolute Gasteiger partial charge is 0.481 e. The van der Waals surface area contributed by atoms with Crippen molar-refractivity contribution < 1.29 is 68.1 Å². The van der Waals surface area contributed by atoms with E-state index in [-0.39, 0.29) is 83.2 Å². The third-order valence-electron chi connectivity index (χ3n) is 12.5. The van der Waals surface area contributed by atoms with Gasteiger partial charge in [-0.15, -0.1) is 0 Å². The number of para-hydroxylation sites is 1. The number of hydrogen-bond donors (Lipinski definition) is 13. The number of hydrogen-bond acceptors (Lipinski definition) is 13. The lowest BCUT2D eigenvalue weighted by molar-refractivity contribution is -0.143. The summed E-state index contributed by atoms with van der Waals surface area (Å²) in [4.78, 5) is 147. The molecule has 1 aliphatic rings. The van der Waals surface area contributed by atoms with Gasteiger partial charge in [0.25, 0.3) is 0 Å². The zero-order chi connectivity index (χ0) is 57.1. The zero-order valence-electron chi connectivity index (χ0n) is 43.3. The molecule has 15 N–H and O–H groups in total. The molecule has 2 aromatic carbocycles. The van der Waals surface area contributed by atoms with Crippen molar-refractivity contribution in [3.05, 3.63) is 89.7 Å². The molecule has 3 aromatic rings. The standard InChI is InChI=1S/C52H70N12O14/c1-31-10-2-3-12-36(31)63-52(78)58-34-20-17-32(18-21-34)26-43(67)59-37(13-4-6-24-56-42(66)22-19-33-11-9-23-55-29-33)47(73)61-39(15-8-16-44(68)69)50(76)64-30-35(65)27-41(64)49(75)60-38(14-5-7-25-57-51(54)77)48(74)62-40(46(53)72)28-45(70)71/h2-3,9-12,17-18,20-21,23,29,35,37-41,65H,4-8,13-16,19,22,24-28,30H2,1H3,(H2,53,72)(H,56,66)(H,59,67)(H,60,75)(H,61,73)(H,62,74)(H,68,69)(H,70,71)(H3,54,57,77)(H2,58,63,78)/t35-,37+,38+,39+,40+,41+/m1/s1. The van der Waals surface area contributed by atoms with Crippen LogP contribution < -0.4 is 54.0 Å². The quantitative estimate of drug-likeness (QED) is 0.0378. The van der Waals surface area contributed by atoms with Crippen molar-refractivity contribution in [1.29, 1.82) is 0 Å². The number of primary amides is 2. The van der Waals surface area contributed by atoms with E-state index in [1.165, 1.54) is 0 Å². The monoisotopic (exact) mass is 1090 g/mol. The molecule has 0 aliphatic carbocycles. The molecule has 1 aromatic heterocycles. The third-order valence-corrected chi connectivity index (χ3v) is 12.5. The number of aromatic nitrogens is 1. The number of nitrogens with zero attached hydrogens (tertiary/aromatic N) is 2. The number of likely N-dealkylation sites (tertiary alicyclic amines) is 1. The van der Waals surface area contributed by atoms with Crippen LogP contribution in [0, 0.1) is 6.92 Å². The molecule has 78 heavy (non-hydrogen) atoms. The molecule has 0 saturated carbocycles. The average Bonchev–Trinajstić information content (AvgIpc) is 3.79. The maximum atomic E-state index is 14.5. The molecule has 26 heteroatoms. The van der Waals surface area contributed by atoms with Crippen LogP contribution in [0.15, 0.2) is 73.1 Å². The normalized spacial score (nSPS) is 15.2. The highest BCUT2D eigenvalue weighted by Gasteiger charge is 2.43. The number of aliphatic carboxylic acids is 2. The van der Waals surface area contributed by atoms with Crippen molar-refractivity contribution in [2.45, 2.75) is 133 Å². The number of aliphatic hydroxyl groups is 1. The molecule has 11 amide bonds. The maximum absolute atomic E-state index is 14.5. The lowest BCUT2D eigenvalue weighted by Gasteiger charge is -2.30. The molecule has 1 aliphatic heterocycles. The molecule has 1 saturated heterocycles. The first kappa shape index (κ1) is 61.9. The number of nitrogens with one attached hydrogen (secondary N) is 8. The summed E-state index contributed by atoms with van der Waals surface area (Å²) in [7, 11) is 0. The number of urea groups is 2. The van der Waals surface area contributed by atoms with E-state index in [1.807, 2.05) is 25.1 Å². The molecule has 0 spiro atoms. The van der Waals surface area contributed by atoms with Crippen LogP contribution >= 0.6 is 0 Å². The maximum Gasteiger partial charge on any atom is 0.323 e. The zero-order valence-corrected chi connectivity index (χ0v) is 43.3. The Morgan fingerprint density at radius 1 is 0.667 bits per heavy atom. The van der Waals surface area contributed by atoms with Gasteiger partial charge < -0.3 is 74.2 Å². The predicted octanol–water partition coefficient (Wildman–Crippen LogP) is 0.450. The Morgan fingerprint density at radius 3 is 1.92 bits per heavy atom. The van der Waals surface area contributed by atoms with Gasteiger partial charge in [0.15, 0.2) is 0 Å². The molecule has 4 rings (SSSR count). The van der Waals surface area contributed by atoms with Crippen LogP contribution in [-0.2, 0) is 56.0 Å². The second-order valence-corrected chi connectivity index (χ2v) is 18.7. The third kappa shape index (κ3) is 22.3. The highest BCUT2D eigenvalue weighted by atomic mass is 16.4. The molecule has 26 nitrogen and oxygen atoms in total. The first-order chi connectivity index (χ1) is 37.2. The summed E-state index contributed by atoms with van der Waals surface area (Å²) < 4.78 is 0. The smallest absolute Gasteiger partial charge is 0.323 e. The van der Waals surface area contributed by atoms with Crippen molar-refractivity contribution >= 4 is 76.7 Å². The molecular formula is C52H70N12O14. The number of pyridine rings is 1. The van der Waals surface area contributed by atoms with Gasteiger partial charge in [0.05, 0.1) is 18.9 Å². The van der Waals surface area contributed by atoms with E-state index in [2.05, 4.69) is 47.5 Å². The summed E-state index contributed by atoms with van der Waals surface area (Å²) in [6.07, 6.45) is 1.38. The summed E-state index contributed by atoms with van der Waals surface area (Å²) in [6, 6.07) is 8.56. The Hall–Kier alpha value is -8.68. The lowest BCUT2D eigenvalue weighted by Crippen LogP contribution is -2.58. The predicted molar refractivity (Wildman–Crippen MR) is 282 cm³/mol. The van der Waals surface area contributed by atoms with Gasteiger partial charge in [0.2, 0.25) is 41.4 Å². The van der Waals surface area contributed by atoms with Crippen LogP contribution in [0.1, 0.15) is 93.7 Å². The summed E-state index contributed by atoms with van der Waals surface area (Å²) in [5.74, 6) is -8.36. The van der Waals surface area contributed by atoms with Gasteiger partial charge in [-0.2, -0.15) is 0 Å². The number of carboxylic acid groups (broad SMARTS) is 2. The van der Waals surface area contributed by atoms with Gasteiger partial charge in [0.1, 0.15) is 30.2 Å². The van der Waals surface area contributed by atoms with E-state index in [1.54, 1.807) is 54.9 Å². The Kier molecular flexibility index (Phi) is 25.4. The minimum absolute atomic E-state index is 0.0105. The highest BCUT2D eigenvalue weighted by Crippen LogP contribution is 2.22. The molecule has 422 valence electrons. The number of benzene rings is 2. The van der Waals surface area contributed by atoms with Gasteiger partial charge in [-0.1, -0.05) is 36.4 Å². The fourth-order valence-corrected chi connectivity index (χ4v) is 8.38. The number of carbonyl (C=O) groups is 11. The van der Waals surface area contributed by atoms with Crippen molar-refractivity contribution in [2.24, 2.45) is 11.5 Å². The van der Waals surface area contributed by atoms with Crippen molar-refractivity contribution in [2.75, 3.05) is 30.3 Å². The number of aryl methyl sites for hydroxylation is 2. The van der Waals surface area contributed by atoms with Crippen LogP contribution in [0.4, 0.5) is 21.0 Å². The van der Waals surface area contributed by atoms with E-state index in [4.69, 9.17) is 11.5 Å². The Morgan fingerprint density at radius 2 is 1.31 bits per heavy atom. The average molecular weight is 1090 g/mol. The Labute approximate surface area is 450 Å². The topological polar surface area (TPSA) is 413 Å². The number of nitrogens with two attached hydrogens (primary N) is 2.